The van der Waals surface area contributed by atoms with Gasteiger partial charge in [-0.15, -0.1) is 0 Å². The third-order valence-electron chi connectivity index (χ3n) is 4.15. The number of anilines is 1. The van der Waals surface area contributed by atoms with Gasteiger partial charge in [-0.3, -0.25) is 4.90 Å². The van der Waals surface area contributed by atoms with Crippen LogP contribution in [0.15, 0.2) is 18.2 Å². The summed E-state index contributed by atoms with van der Waals surface area (Å²) in [5, 5.41) is 1.69. The largest absolute Gasteiger partial charge is 0.369 e. The maximum absolute atomic E-state index is 6.29. The monoisotopic (exact) mass is 342 g/mol. The fraction of sp³-hybridized carbons (Fsp3) is 0.600. The minimum absolute atomic E-state index is 0.824. The highest BCUT2D eigenvalue weighted by Gasteiger charge is 2.26. The Morgan fingerprint density at radius 3 is 2.53 bits per heavy atom. The lowest BCUT2D eigenvalue weighted by atomic mass is 10.1. The van der Waals surface area contributed by atoms with Gasteiger partial charge in [-0.05, 0) is 30.9 Å². The van der Waals surface area contributed by atoms with Crippen molar-refractivity contribution in [3.63, 3.8) is 0 Å². The first-order valence-electron chi connectivity index (χ1n) is 7.08. The van der Waals surface area contributed by atoms with Gasteiger partial charge in [0.1, 0.15) is 0 Å². The van der Waals surface area contributed by atoms with E-state index in [1.807, 2.05) is 6.07 Å². The molecule has 0 spiro atoms. The van der Waals surface area contributed by atoms with Crippen molar-refractivity contribution in [1.29, 1.82) is 0 Å². The van der Waals surface area contributed by atoms with Crippen molar-refractivity contribution in [2.75, 3.05) is 37.6 Å². The highest BCUT2D eigenvalue weighted by Crippen LogP contribution is 2.32. The Balaban J connectivity index is 1.65. The normalized spacial score (nSPS) is 20.8. The number of halogens is 2. The zero-order valence-corrected chi connectivity index (χ0v) is 13.5. The summed E-state index contributed by atoms with van der Waals surface area (Å²) in [7, 11) is 0. The summed E-state index contributed by atoms with van der Waals surface area (Å²) in [6.07, 6.45) is 2.89. The number of piperazine rings is 1. The lowest BCUT2D eigenvalue weighted by Crippen LogP contribution is -2.47. The Hall–Kier alpha value is -0.250. The van der Waals surface area contributed by atoms with E-state index in [0.29, 0.717) is 0 Å². The Morgan fingerprint density at radius 1 is 1.16 bits per heavy atom. The van der Waals surface area contributed by atoms with Crippen molar-refractivity contribution < 1.29 is 0 Å². The van der Waals surface area contributed by atoms with E-state index in [-0.39, 0.29) is 0 Å². The van der Waals surface area contributed by atoms with Gasteiger partial charge in [0.05, 0.1) is 0 Å². The van der Waals surface area contributed by atoms with Gasteiger partial charge in [-0.1, -0.05) is 33.6 Å². The van der Waals surface area contributed by atoms with Crippen LogP contribution in [0.1, 0.15) is 18.4 Å². The Kier molecular flexibility index (Phi) is 4.35. The van der Waals surface area contributed by atoms with Crippen LogP contribution >= 0.6 is 27.5 Å². The molecule has 0 bridgehead atoms. The number of hydrogen-bond donors (Lipinski definition) is 0. The average molecular weight is 344 g/mol. The fourth-order valence-electron chi connectivity index (χ4n) is 2.81. The van der Waals surface area contributed by atoms with Crippen molar-refractivity contribution in [3.05, 3.63) is 28.8 Å². The summed E-state index contributed by atoms with van der Waals surface area (Å²) in [6, 6.07) is 6.23. The molecule has 2 nitrogen and oxygen atoms in total. The van der Waals surface area contributed by atoms with E-state index in [9.17, 15) is 0 Å². The number of nitrogens with zero attached hydrogens (tertiary/aromatic N) is 2. The molecule has 0 amide bonds. The summed E-state index contributed by atoms with van der Waals surface area (Å²) in [6.45, 7) is 5.92. The lowest BCUT2D eigenvalue weighted by Gasteiger charge is -2.37. The van der Waals surface area contributed by atoms with Gasteiger partial charge in [0, 0.05) is 54.3 Å². The van der Waals surface area contributed by atoms with E-state index >= 15 is 0 Å². The van der Waals surface area contributed by atoms with Gasteiger partial charge in [-0.2, -0.15) is 0 Å². The second-order valence-electron chi connectivity index (χ2n) is 5.60. The minimum Gasteiger partial charge on any atom is -0.369 e. The highest BCUT2D eigenvalue weighted by atomic mass is 79.9. The molecule has 0 radical (unpaired) electrons. The van der Waals surface area contributed by atoms with Gasteiger partial charge >= 0.3 is 0 Å². The van der Waals surface area contributed by atoms with Gasteiger partial charge < -0.3 is 4.90 Å². The molecule has 1 saturated heterocycles. The van der Waals surface area contributed by atoms with Crippen molar-refractivity contribution in [3.8, 4) is 0 Å². The summed E-state index contributed by atoms with van der Waals surface area (Å²) >= 11 is 9.84. The molecular formula is C15H20BrClN2. The van der Waals surface area contributed by atoms with Crippen LogP contribution in [-0.4, -0.2) is 37.6 Å². The van der Waals surface area contributed by atoms with Gasteiger partial charge in [0.15, 0.2) is 0 Å². The van der Waals surface area contributed by atoms with Crippen LogP contribution in [0.4, 0.5) is 5.69 Å². The molecule has 2 fully saturated rings. The van der Waals surface area contributed by atoms with Crippen LogP contribution in [0.2, 0.25) is 5.02 Å². The highest BCUT2D eigenvalue weighted by molar-refractivity contribution is 9.08. The van der Waals surface area contributed by atoms with Crippen molar-refractivity contribution >= 4 is 33.2 Å². The summed E-state index contributed by atoms with van der Waals surface area (Å²) < 4.78 is 0. The van der Waals surface area contributed by atoms with E-state index in [1.165, 1.54) is 43.7 Å². The molecule has 3 rings (SSSR count). The van der Waals surface area contributed by atoms with E-state index < -0.39 is 0 Å². The second-order valence-corrected chi connectivity index (χ2v) is 6.57. The van der Waals surface area contributed by atoms with Crippen LogP contribution < -0.4 is 4.90 Å². The van der Waals surface area contributed by atoms with Crippen LogP contribution in [0.3, 0.4) is 0 Å². The van der Waals surface area contributed by atoms with E-state index in [1.54, 1.807) is 0 Å². The van der Waals surface area contributed by atoms with E-state index in [2.05, 4.69) is 37.9 Å². The predicted octanol–water partition coefficient (Wildman–Crippen LogP) is 3.77. The van der Waals surface area contributed by atoms with Crippen molar-refractivity contribution in [2.45, 2.75) is 18.2 Å². The minimum atomic E-state index is 0.824. The fourth-order valence-corrected chi connectivity index (χ4v) is 3.80. The Morgan fingerprint density at radius 2 is 1.89 bits per heavy atom. The molecule has 1 heterocycles. The second kappa shape index (κ2) is 6.02. The third kappa shape index (κ3) is 3.26. The molecule has 0 atom stereocenters. The molecular weight excluding hydrogens is 324 g/mol. The van der Waals surface area contributed by atoms with E-state index in [4.69, 9.17) is 11.6 Å². The van der Waals surface area contributed by atoms with Crippen LogP contribution in [0.5, 0.6) is 0 Å². The first-order chi connectivity index (χ1) is 9.28. The van der Waals surface area contributed by atoms with Gasteiger partial charge in [0.2, 0.25) is 0 Å². The molecule has 1 aromatic rings. The van der Waals surface area contributed by atoms with Crippen molar-refractivity contribution in [1.82, 2.24) is 4.90 Å². The molecule has 1 saturated carbocycles. The first-order valence-corrected chi connectivity index (χ1v) is 8.58. The van der Waals surface area contributed by atoms with Crippen LogP contribution in [0.25, 0.3) is 0 Å². The molecule has 19 heavy (non-hydrogen) atoms. The van der Waals surface area contributed by atoms with Crippen molar-refractivity contribution in [2.24, 2.45) is 5.92 Å². The number of rotatable bonds is 4. The quantitative estimate of drug-likeness (QED) is 0.768. The zero-order chi connectivity index (χ0) is 13.2. The molecule has 1 aromatic carbocycles. The number of benzene rings is 1. The summed E-state index contributed by atoms with van der Waals surface area (Å²) in [5.41, 5.74) is 2.52. The maximum Gasteiger partial charge on any atom is 0.0467 e. The standard InChI is InChI=1S/C15H20BrClN2/c16-10-13-14(17)2-1-3-15(13)19-8-6-18(7-9-19)11-12-4-5-12/h1-3,12H,4-11H2. The zero-order valence-electron chi connectivity index (χ0n) is 11.1. The molecule has 0 N–H and O–H groups in total. The maximum atomic E-state index is 6.29. The van der Waals surface area contributed by atoms with Gasteiger partial charge in [-0.25, -0.2) is 0 Å². The van der Waals surface area contributed by atoms with Crippen LogP contribution in [-0.2, 0) is 5.33 Å². The molecule has 2 aliphatic rings. The Labute approximate surface area is 128 Å². The SMILES string of the molecule is Clc1cccc(N2CCN(CC3CC3)CC2)c1CBr. The third-order valence-corrected chi connectivity index (χ3v) is 5.07. The molecule has 4 heteroatoms. The molecule has 104 valence electrons. The van der Waals surface area contributed by atoms with E-state index in [0.717, 1.165) is 29.4 Å². The smallest absolute Gasteiger partial charge is 0.0467 e. The summed E-state index contributed by atoms with van der Waals surface area (Å²) in [4.78, 5) is 5.10. The Bertz CT molecular complexity index is 440. The molecule has 1 aliphatic carbocycles. The average Bonchev–Trinajstić information content (AvgIpc) is 3.23. The molecule has 0 aromatic heterocycles. The number of alkyl halides is 1. The number of hydrogen-bond acceptors (Lipinski definition) is 2. The first kappa shape index (κ1) is 13.7. The topological polar surface area (TPSA) is 6.48 Å². The lowest BCUT2D eigenvalue weighted by molar-refractivity contribution is 0.248. The van der Waals surface area contributed by atoms with Gasteiger partial charge in [0.25, 0.3) is 0 Å². The predicted molar refractivity (Wildman–Crippen MR) is 85.5 cm³/mol. The summed E-state index contributed by atoms with van der Waals surface area (Å²) in [5.74, 6) is 0.996. The van der Waals surface area contributed by atoms with Crippen LogP contribution in [0, 0.1) is 5.92 Å². The molecule has 0 unspecified atom stereocenters. The molecule has 1 aliphatic heterocycles.